The number of benzene rings is 3. The zero-order chi connectivity index (χ0) is 22.1. The monoisotopic (exact) mass is 423 g/mol. The second kappa shape index (κ2) is 8.35. The number of aryl methyl sites for hydroxylation is 1. The number of ether oxygens (including phenoxy) is 2. The van der Waals surface area contributed by atoms with Gasteiger partial charge in [-0.1, -0.05) is 42.0 Å². The van der Waals surface area contributed by atoms with E-state index in [1.54, 1.807) is 7.11 Å². The minimum absolute atomic E-state index is 0.618. The van der Waals surface area contributed by atoms with Crippen LogP contribution >= 0.6 is 0 Å². The summed E-state index contributed by atoms with van der Waals surface area (Å²) in [6, 6.07) is 22.8. The smallest absolute Gasteiger partial charge is 0.120 e. The Balaban J connectivity index is 1.71. The Kier molecular flexibility index (Phi) is 5.23. The van der Waals surface area contributed by atoms with E-state index in [0.29, 0.717) is 13.2 Å². The summed E-state index contributed by atoms with van der Waals surface area (Å²) in [6.45, 7) is 5.40. The van der Waals surface area contributed by atoms with E-state index in [9.17, 15) is 0 Å². The normalized spacial score (nSPS) is 11.2. The predicted octanol–water partition coefficient (Wildman–Crippen LogP) is 5.97. The van der Waals surface area contributed by atoms with Crippen molar-refractivity contribution in [2.45, 2.75) is 20.4 Å². The summed E-state index contributed by atoms with van der Waals surface area (Å²) < 4.78 is 13.5. The van der Waals surface area contributed by atoms with Crippen LogP contribution in [0.25, 0.3) is 33.4 Å². The maximum absolute atomic E-state index is 5.78. The van der Waals surface area contributed by atoms with Gasteiger partial charge in [0.05, 0.1) is 19.2 Å². The second-order valence-corrected chi connectivity index (χ2v) is 7.90. The minimum Gasteiger partial charge on any atom is -0.497 e. The van der Waals surface area contributed by atoms with Gasteiger partial charge in [0, 0.05) is 29.3 Å². The average molecular weight is 424 g/mol. The number of aromatic nitrogens is 3. The molecule has 2 aliphatic rings. The third-order valence-electron chi connectivity index (χ3n) is 5.70. The van der Waals surface area contributed by atoms with Gasteiger partial charge in [0.25, 0.3) is 0 Å². The van der Waals surface area contributed by atoms with Crippen LogP contribution in [-0.4, -0.2) is 28.5 Å². The van der Waals surface area contributed by atoms with Gasteiger partial charge < -0.3 is 14.0 Å². The fourth-order valence-corrected chi connectivity index (χ4v) is 4.10. The van der Waals surface area contributed by atoms with E-state index in [1.807, 2.05) is 25.1 Å². The van der Waals surface area contributed by atoms with Crippen molar-refractivity contribution < 1.29 is 9.47 Å². The van der Waals surface area contributed by atoms with Crippen LogP contribution in [0, 0.1) is 6.92 Å². The zero-order valence-electron chi connectivity index (χ0n) is 18.5. The Morgan fingerprint density at radius 2 is 1.69 bits per heavy atom. The lowest BCUT2D eigenvalue weighted by Gasteiger charge is -2.16. The van der Waals surface area contributed by atoms with Gasteiger partial charge in [-0.05, 0) is 49.7 Å². The van der Waals surface area contributed by atoms with Gasteiger partial charge in [0.15, 0.2) is 0 Å². The van der Waals surface area contributed by atoms with E-state index in [2.05, 4.69) is 76.4 Å². The van der Waals surface area contributed by atoms with Crippen LogP contribution in [0.15, 0.2) is 72.9 Å². The van der Waals surface area contributed by atoms with Crippen LogP contribution < -0.4 is 9.47 Å². The van der Waals surface area contributed by atoms with Crippen LogP contribution in [-0.2, 0) is 6.54 Å². The number of rotatable bonds is 6. The Bertz CT molecular complexity index is 1360. The summed E-state index contributed by atoms with van der Waals surface area (Å²) in [6.07, 6.45) is 2.16. The lowest BCUT2D eigenvalue weighted by atomic mass is 10.0. The lowest BCUT2D eigenvalue weighted by Crippen LogP contribution is -2.05. The number of fused-ring (bicyclic) bond motifs is 3. The maximum Gasteiger partial charge on any atom is 0.120 e. The Morgan fingerprint density at radius 3 is 2.47 bits per heavy atom. The molecule has 2 heterocycles. The molecule has 0 bridgehead atoms. The molecule has 0 spiro atoms. The molecule has 2 aliphatic heterocycles. The first kappa shape index (κ1) is 20.1. The molecule has 0 radical (unpaired) electrons. The van der Waals surface area contributed by atoms with Gasteiger partial charge in [-0.3, -0.25) is 0 Å². The molecule has 5 nitrogen and oxygen atoms in total. The molecule has 32 heavy (non-hydrogen) atoms. The van der Waals surface area contributed by atoms with Gasteiger partial charge in [-0.25, -0.2) is 0 Å². The van der Waals surface area contributed by atoms with Gasteiger partial charge in [-0.15, -0.1) is 10.2 Å². The highest BCUT2D eigenvalue weighted by atomic mass is 16.5. The fraction of sp³-hybridized carbons (Fsp3) is 0.185. The van der Waals surface area contributed by atoms with Crippen molar-refractivity contribution in [3.8, 4) is 34.0 Å². The van der Waals surface area contributed by atoms with E-state index in [4.69, 9.17) is 9.47 Å². The molecule has 5 rings (SSSR count). The molecule has 0 unspecified atom stereocenters. The number of pyridine rings is 1. The van der Waals surface area contributed by atoms with E-state index in [-0.39, 0.29) is 0 Å². The highest BCUT2D eigenvalue weighted by Gasteiger charge is 2.21. The second-order valence-electron chi connectivity index (χ2n) is 7.90. The third kappa shape index (κ3) is 3.66. The number of methoxy groups -OCH3 is 1. The molecule has 0 saturated carbocycles. The highest BCUT2D eigenvalue weighted by Crippen LogP contribution is 2.38. The third-order valence-corrected chi connectivity index (χ3v) is 5.70. The molecule has 0 fully saturated rings. The lowest BCUT2D eigenvalue weighted by molar-refractivity contribution is 0.340. The van der Waals surface area contributed by atoms with Crippen LogP contribution in [0.3, 0.4) is 0 Å². The molecule has 0 N–H and O–H groups in total. The number of hydrogen-bond acceptors (Lipinski definition) is 4. The number of hydrogen-bond donors (Lipinski definition) is 0. The Labute approximate surface area is 187 Å². The van der Waals surface area contributed by atoms with E-state index in [1.165, 1.54) is 5.56 Å². The van der Waals surface area contributed by atoms with E-state index in [0.717, 1.165) is 50.5 Å². The first-order chi connectivity index (χ1) is 15.7. The van der Waals surface area contributed by atoms with Crippen molar-refractivity contribution in [2.24, 2.45) is 0 Å². The van der Waals surface area contributed by atoms with Gasteiger partial charge in [0.2, 0.25) is 0 Å². The minimum atomic E-state index is 0.618. The molecule has 0 aliphatic carbocycles. The molecule has 3 aromatic rings. The van der Waals surface area contributed by atoms with E-state index < -0.39 is 0 Å². The molecule has 0 saturated heterocycles. The van der Waals surface area contributed by atoms with Crippen molar-refractivity contribution in [2.75, 3.05) is 13.7 Å². The molecular weight excluding hydrogens is 398 g/mol. The van der Waals surface area contributed by atoms with Gasteiger partial charge in [-0.2, -0.15) is 0 Å². The summed E-state index contributed by atoms with van der Waals surface area (Å²) in [5.74, 6) is 1.68. The maximum atomic E-state index is 5.78. The standard InChI is InChI=1S/C27H25N3O2/c1-4-32-22-12-13-25-23(15-22)27-24(26(28-29-27)20-10-8-18(2)9-11-20)17-30(25)16-19-6-5-7-21(14-19)31-3/h5-15,17H,4,16H2,1-3H3. The molecule has 3 aromatic carbocycles. The van der Waals surface area contributed by atoms with Crippen molar-refractivity contribution in [3.05, 3.63) is 84.1 Å². The van der Waals surface area contributed by atoms with Crippen molar-refractivity contribution in [3.63, 3.8) is 0 Å². The summed E-state index contributed by atoms with van der Waals surface area (Å²) >= 11 is 0. The topological polar surface area (TPSA) is 49.2 Å². The van der Waals surface area contributed by atoms with Gasteiger partial charge >= 0.3 is 0 Å². The van der Waals surface area contributed by atoms with Gasteiger partial charge in [0.1, 0.15) is 22.9 Å². The molecule has 0 aromatic heterocycles. The molecule has 160 valence electrons. The summed E-state index contributed by atoms with van der Waals surface area (Å²) in [5, 5.41) is 10.2. The first-order valence-corrected chi connectivity index (χ1v) is 10.8. The molecular formula is C27H25N3O2. The molecule has 0 atom stereocenters. The van der Waals surface area contributed by atoms with Crippen LogP contribution in [0.1, 0.15) is 18.1 Å². The highest BCUT2D eigenvalue weighted by molar-refractivity contribution is 5.98. The van der Waals surface area contributed by atoms with Crippen molar-refractivity contribution in [1.82, 2.24) is 14.8 Å². The quantitative estimate of drug-likeness (QED) is 0.338. The largest absolute Gasteiger partial charge is 0.497 e. The van der Waals surface area contributed by atoms with Crippen molar-refractivity contribution in [1.29, 1.82) is 0 Å². The first-order valence-electron chi connectivity index (χ1n) is 10.8. The summed E-state index contributed by atoms with van der Waals surface area (Å²) in [4.78, 5) is 0. The number of nitrogens with zero attached hydrogens (tertiary/aromatic N) is 3. The average Bonchev–Trinajstić information content (AvgIpc) is 3.24. The zero-order valence-corrected chi connectivity index (χ0v) is 18.5. The SMILES string of the molecule is CCOc1ccc2c(c1)c1nnc(-c3ccc(C)cc3)c-1cn2Cc1cccc(OC)c1. The predicted molar refractivity (Wildman–Crippen MR) is 128 cm³/mol. The van der Waals surface area contributed by atoms with Crippen LogP contribution in [0.5, 0.6) is 11.5 Å². The Hall–Kier alpha value is -3.86. The van der Waals surface area contributed by atoms with Crippen molar-refractivity contribution >= 4 is 10.9 Å². The van der Waals surface area contributed by atoms with Crippen LogP contribution in [0.4, 0.5) is 0 Å². The fourth-order valence-electron chi connectivity index (χ4n) is 4.10. The molecule has 0 amide bonds. The summed E-state index contributed by atoms with van der Waals surface area (Å²) in [5.41, 5.74) is 7.33. The van der Waals surface area contributed by atoms with Crippen LogP contribution in [0.2, 0.25) is 0 Å². The Morgan fingerprint density at radius 1 is 0.875 bits per heavy atom. The van der Waals surface area contributed by atoms with E-state index >= 15 is 0 Å². The molecule has 5 heteroatoms. The summed E-state index contributed by atoms with van der Waals surface area (Å²) in [7, 11) is 1.69.